The molecule has 2 aliphatic rings. The van der Waals surface area contributed by atoms with Crippen LogP contribution in [0.2, 0.25) is 0 Å². The van der Waals surface area contributed by atoms with Gasteiger partial charge in [0.15, 0.2) is 16.6 Å². The second-order valence-corrected chi connectivity index (χ2v) is 7.06. The molecule has 0 fully saturated rings. The molecule has 2 heterocycles. The van der Waals surface area contributed by atoms with Crippen molar-refractivity contribution in [1.82, 2.24) is 5.32 Å². The van der Waals surface area contributed by atoms with Crippen molar-refractivity contribution in [2.24, 2.45) is 0 Å². The maximum atomic E-state index is 12.9. The molecule has 0 radical (unpaired) electrons. The summed E-state index contributed by atoms with van der Waals surface area (Å²) < 4.78 is 16.7. The lowest BCUT2D eigenvalue weighted by Gasteiger charge is -2.37. The summed E-state index contributed by atoms with van der Waals surface area (Å²) in [4.78, 5) is 14.8. The van der Waals surface area contributed by atoms with Gasteiger partial charge in [-0.3, -0.25) is 4.90 Å². The minimum Gasteiger partial charge on any atom is -0.486 e. The predicted octanol–water partition coefficient (Wildman–Crippen LogP) is 3.73. The van der Waals surface area contributed by atoms with Crippen molar-refractivity contribution in [3.8, 4) is 11.5 Å². The third-order valence-electron chi connectivity index (χ3n) is 4.89. The Balaban J connectivity index is 1.80. The molecule has 6 nitrogen and oxygen atoms in total. The molecule has 2 aliphatic heterocycles. The number of ether oxygens (including phenoxy) is 3. The zero-order chi connectivity index (χ0) is 20.4. The van der Waals surface area contributed by atoms with E-state index in [-0.39, 0.29) is 5.97 Å². The van der Waals surface area contributed by atoms with Crippen LogP contribution in [0, 0.1) is 0 Å². The molecule has 150 valence electrons. The highest BCUT2D eigenvalue weighted by atomic mass is 32.1. The molecule has 4 rings (SSSR count). The normalized spacial score (nSPS) is 18.3. The summed E-state index contributed by atoms with van der Waals surface area (Å²) in [5, 5.41) is 3.83. The Labute approximate surface area is 175 Å². The molecule has 0 saturated carbocycles. The fourth-order valence-electron chi connectivity index (χ4n) is 3.59. The summed E-state index contributed by atoms with van der Waals surface area (Å²) in [5.41, 5.74) is 2.98. The van der Waals surface area contributed by atoms with Crippen molar-refractivity contribution >= 4 is 29.0 Å². The minimum absolute atomic E-state index is 0.291. The number of carbonyl (C=O) groups is 1. The first kappa shape index (κ1) is 19.3. The first-order chi connectivity index (χ1) is 14.1. The van der Waals surface area contributed by atoms with Crippen molar-refractivity contribution in [2.75, 3.05) is 24.7 Å². The predicted molar refractivity (Wildman–Crippen MR) is 114 cm³/mol. The minimum atomic E-state index is -0.447. The fraction of sp³-hybridized carbons (Fsp3) is 0.273. The van der Waals surface area contributed by atoms with Crippen LogP contribution in [0.25, 0.3) is 0 Å². The monoisotopic (exact) mass is 410 g/mol. The summed E-state index contributed by atoms with van der Waals surface area (Å²) in [6.07, 6.45) is 0. The van der Waals surface area contributed by atoms with Crippen LogP contribution in [0.15, 0.2) is 59.8 Å². The number of benzene rings is 2. The molecular weight excluding hydrogens is 388 g/mol. The Hall–Kier alpha value is -3.06. The van der Waals surface area contributed by atoms with E-state index in [1.165, 1.54) is 0 Å². The van der Waals surface area contributed by atoms with Crippen LogP contribution >= 0.6 is 12.2 Å². The fourth-order valence-corrected chi connectivity index (χ4v) is 3.95. The van der Waals surface area contributed by atoms with Crippen molar-refractivity contribution < 1.29 is 19.0 Å². The lowest BCUT2D eigenvalue weighted by Crippen LogP contribution is -2.48. The number of carbonyl (C=O) groups excluding carboxylic acids is 1. The Morgan fingerprint density at radius 2 is 1.90 bits per heavy atom. The molecule has 2 aromatic rings. The van der Waals surface area contributed by atoms with E-state index in [0.29, 0.717) is 42.0 Å². The van der Waals surface area contributed by atoms with Crippen LogP contribution in [0.4, 0.5) is 5.69 Å². The van der Waals surface area contributed by atoms with Gasteiger partial charge in [-0.05, 0) is 55.9 Å². The van der Waals surface area contributed by atoms with Gasteiger partial charge in [0.25, 0.3) is 0 Å². The van der Waals surface area contributed by atoms with Gasteiger partial charge in [-0.15, -0.1) is 0 Å². The van der Waals surface area contributed by atoms with Gasteiger partial charge in [0.05, 0.1) is 18.2 Å². The molecule has 0 aliphatic carbocycles. The van der Waals surface area contributed by atoms with Gasteiger partial charge in [-0.1, -0.05) is 24.3 Å². The number of hydrogen-bond acceptors (Lipinski definition) is 5. The molecule has 1 unspecified atom stereocenters. The van der Waals surface area contributed by atoms with Crippen LogP contribution < -0.4 is 19.7 Å². The van der Waals surface area contributed by atoms with Crippen LogP contribution in [-0.4, -0.2) is 30.9 Å². The number of nitrogens with zero attached hydrogens (tertiary/aromatic N) is 1. The number of para-hydroxylation sites is 1. The first-order valence-electron chi connectivity index (χ1n) is 9.53. The van der Waals surface area contributed by atoms with E-state index in [1.54, 1.807) is 6.92 Å². The SMILES string of the molecule is CCOC(=O)C1=C(C)N(c2ccccc2)C(=S)NC1c1ccc2c(c1)OCCO2. The number of thiocarbonyl (C=S) groups is 1. The van der Waals surface area contributed by atoms with Crippen LogP contribution in [0.3, 0.4) is 0 Å². The average Bonchev–Trinajstić information content (AvgIpc) is 2.74. The number of allylic oxidation sites excluding steroid dienone is 1. The average molecular weight is 410 g/mol. The lowest BCUT2D eigenvalue weighted by atomic mass is 9.94. The van der Waals surface area contributed by atoms with Gasteiger partial charge >= 0.3 is 5.97 Å². The molecule has 1 N–H and O–H groups in total. The zero-order valence-electron chi connectivity index (χ0n) is 16.3. The van der Waals surface area contributed by atoms with E-state index in [2.05, 4.69) is 5.32 Å². The molecule has 0 aromatic heterocycles. The largest absolute Gasteiger partial charge is 0.486 e. The topological polar surface area (TPSA) is 60.0 Å². The van der Waals surface area contributed by atoms with Gasteiger partial charge in [0, 0.05) is 11.4 Å². The molecule has 1 atom stereocenters. The number of rotatable bonds is 4. The maximum Gasteiger partial charge on any atom is 0.338 e. The van der Waals surface area contributed by atoms with Crippen molar-refractivity contribution in [2.45, 2.75) is 19.9 Å². The van der Waals surface area contributed by atoms with Gasteiger partial charge in [0.1, 0.15) is 13.2 Å². The van der Waals surface area contributed by atoms with Gasteiger partial charge in [-0.25, -0.2) is 4.79 Å². The van der Waals surface area contributed by atoms with Crippen LogP contribution in [-0.2, 0) is 9.53 Å². The Morgan fingerprint density at radius 3 is 2.62 bits per heavy atom. The van der Waals surface area contributed by atoms with Crippen molar-refractivity contribution in [3.05, 3.63) is 65.4 Å². The summed E-state index contributed by atoms with van der Waals surface area (Å²) in [7, 11) is 0. The summed E-state index contributed by atoms with van der Waals surface area (Å²) in [5.74, 6) is 0.983. The molecule has 29 heavy (non-hydrogen) atoms. The van der Waals surface area contributed by atoms with E-state index < -0.39 is 6.04 Å². The van der Waals surface area contributed by atoms with Gasteiger partial charge < -0.3 is 19.5 Å². The molecule has 0 saturated heterocycles. The zero-order valence-corrected chi connectivity index (χ0v) is 17.1. The molecule has 2 aromatic carbocycles. The quantitative estimate of drug-likeness (QED) is 0.609. The molecular formula is C22H22N2O4S. The van der Waals surface area contributed by atoms with E-state index in [0.717, 1.165) is 16.9 Å². The maximum absolute atomic E-state index is 12.9. The Kier molecular flexibility index (Phi) is 5.40. The smallest absolute Gasteiger partial charge is 0.338 e. The Bertz CT molecular complexity index is 974. The standard InChI is InChI=1S/C22H22N2O4S/c1-3-26-21(25)19-14(2)24(16-7-5-4-6-8-16)22(29)23-20(19)15-9-10-17-18(13-15)28-12-11-27-17/h4-10,13,20H,3,11-12H2,1-2H3,(H,23,29). The molecule has 0 amide bonds. The van der Waals surface area contributed by atoms with E-state index in [9.17, 15) is 4.79 Å². The number of anilines is 1. The summed E-state index contributed by atoms with van der Waals surface area (Å²) >= 11 is 5.66. The highest BCUT2D eigenvalue weighted by Gasteiger charge is 2.36. The van der Waals surface area contributed by atoms with Crippen LogP contribution in [0.1, 0.15) is 25.5 Å². The highest BCUT2D eigenvalue weighted by Crippen LogP contribution is 2.38. The summed E-state index contributed by atoms with van der Waals surface area (Å²) in [6, 6.07) is 14.9. The number of hydrogen-bond donors (Lipinski definition) is 1. The Morgan fingerprint density at radius 1 is 1.17 bits per heavy atom. The second kappa shape index (κ2) is 8.13. The summed E-state index contributed by atoms with van der Waals surface area (Å²) in [6.45, 7) is 4.99. The van der Waals surface area contributed by atoms with E-state index >= 15 is 0 Å². The van der Waals surface area contributed by atoms with Crippen molar-refractivity contribution in [1.29, 1.82) is 0 Å². The first-order valence-corrected chi connectivity index (χ1v) is 9.94. The van der Waals surface area contributed by atoms with E-state index in [1.807, 2.05) is 60.4 Å². The van der Waals surface area contributed by atoms with Crippen LogP contribution in [0.5, 0.6) is 11.5 Å². The lowest BCUT2D eigenvalue weighted by molar-refractivity contribution is -0.139. The third kappa shape index (κ3) is 3.65. The number of nitrogens with one attached hydrogen (secondary N) is 1. The van der Waals surface area contributed by atoms with Gasteiger partial charge in [-0.2, -0.15) is 0 Å². The van der Waals surface area contributed by atoms with Crippen molar-refractivity contribution in [3.63, 3.8) is 0 Å². The molecule has 0 bridgehead atoms. The molecule has 7 heteroatoms. The number of esters is 1. The van der Waals surface area contributed by atoms with E-state index in [4.69, 9.17) is 26.4 Å². The highest BCUT2D eigenvalue weighted by molar-refractivity contribution is 7.80. The number of fused-ring (bicyclic) bond motifs is 1. The van der Waals surface area contributed by atoms with Gasteiger partial charge in [0.2, 0.25) is 0 Å². The second-order valence-electron chi connectivity index (χ2n) is 6.68. The molecule has 0 spiro atoms. The third-order valence-corrected chi connectivity index (χ3v) is 5.19.